The Morgan fingerprint density at radius 3 is 2.87 bits per heavy atom. The molecule has 0 saturated carbocycles. The molecule has 0 amide bonds. The molecule has 1 saturated heterocycles. The SMILES string of the molecule is CCNC(=NCc1cccc(-c2ncn[nH]2)c1)NC1CCN(c2ccc(C)cc2)C1. The lowest BCUT2D eigenvalue weighted by molar-refractivity contribution is 0.649. The number of benzene rings is 2. The third-order valence-corrected chi connectivity index (χ3v) is 5.31. The molecule has 1 fully saturated rings. The van der Waals surface area contributed by atoms with Gasteiger partial charge in [-0.05, 0) is 44.0 Å². The Bertz CT molecular complexity index is 963. The van der Waals surface area contributed by atoms with E-state index in [-0.39, 0.29) is 0 Å². The molecule has 2 heterocycles. The Morgan fingerprint density at radius 2 is 2.10 bits per heavy atom. The number of aromatic nitrogens is 3. The van der Waals surface area contributed by atoms with Gasteiger partial charge in [0.25, 0.3) is 0 Å². The Balaban J connectivity index is 1.38. The molecule has 0 radical (unpaired) electrons. The van der Waals surface area contributed by atoms with Crippen LogP contribution >= 0.6 is 0 Å². The first-order chi connectivity index (χ1) is 14.7. The predicted octanol–water partition coefficient (Wildman–Crippen LogP) is 3.11. The van der Waals surface area contributed by atoms with Gasteiger partial charge in [0.2, 0.25) is 0 Å². The quantitative estimate of drug-likeness (QED) is 0.435. The number of hydrogen-bond donors (Lipinski definition) is 3. The maximum absolute atomic E-state index is 4.81. The number of aromatic amines is 1. The summed E-state index contributed by atoms with van der Waals surface area (Å²) in [5.41, 5.74) is 4.73. The van der Waals surface area contributed by atoms with Crippen LogP contribution < -0.4 is 15.5 Å². The van der Waals surface area contributed by atoms with Crippen LogP contribution in [0.3, 0.4) is 0 Å². The van der Waals surface area contributed by atoms with Gasteiger partial charge >= 0.3 is 0 Å². The van der Waals surface area contributed by atoms with E-state index in [2.05, 4.69) is 81.0 Å². The molecule has 1 aromatic heterocycles. The third kappa shape index (κ3) is 4.97. The number of rotatable bonds is 6. The summed E-state index contributed by atoms with van der Waals surface area (Å²) in [6.07, 6.45) is 2.62. The molecule has 7 heteroatoms. The van der Waals surface area contributed by atoms with Gasteiger partial charge in [-0.15, -0.1) is 0 Å². The van der Waals surface area contributed by atoms with Crippen molar-refractivity contribution in [3.8, 4) is 11.4 Å². The molecular formula is C23H29N7. The van der Waals surface area contributed by atoms with Crippen LogP contribution in [0, 0.1) is 6.92 Å². The van der Waals surface area contributed by atoms with Crippen LogP contribution in [0.15, 0.2) is 59.9 Å². The van der Waals surface area contributed by atoms with Gasteiger partial charge in [-0.2, -0.15) is 5.10 Å². The molecule has 0 bridgehead atoms. The second-order valence-electron chi connectivity index (χ2n) is 7.64. The van der Waals surface area contributed by atoms with Crippen LogP contribution in [0.4, 0.5) is 5.69 Å². The lowest BCUT2D eigenvalue weighted by Gasteiger charge is -2.20. The number of aryl methyl sites for hydroxylation is 1. The number of anilines is 1. The minimum absolute atomic E-state index is 0.379. The van der Waals surface area contributed by atoms with Crippen molar-refractivity contribution in [1.82, 2.24) is 25.8 Å². The van der Waals surface area contributed by atoms with Crippen molar-refractivity contribution in [1.29, 1.82) is 0 Å². The highest BCUT2D eigenvalue weighted by Crippen LogP contribution is 2.21. The average Bonchev–Trinajstić information content (AvgIpc) is 3.46. The van der Waals surface area contributed by atoms with Gasteiger partial charge in [0.05, 0.1) is 6.54 Å². The van der Waals surface area contributed by atoms with Crippen molar-refractivity contribution < 1.29 is 0 Å². The zero-order valence-electron chi connectivity index (χ0n) is 17.6. The van der Waals surface area contributed by atoms with E-state index in [0.717, 1.165) is 49.0 Å². The fraction of sp³-hybridized carbons (Fsp3) is 0.348. The van der Waals surface area contributed by atoms with E-state index < -0.39 is 0 Å². The van der Waals surface area contributed by atoms with Gasteiger partial charge in [0, 0.05) is 36.9 Å². The van der Waals surface area contributed by atoms with E-state index in [1.165, 1.54) is 17.6 Å². The summed E-state index contributed by atoms with van der Waals surface area (Å²) < 4.78 is 0. The topological polar surface area (TPSA) is 81.2 Å². The molecule has 1 aliphatic heterocycles. The molecule has 4 rings (SSSR count). The van der Waals surface area contributed by atoms with Crippen molar-refractivity contribution in [2.75, 3.05) is 24.5 Å². The molecule has 7 nitrogen and oxygen atoms in total. The Morgan fingerprint density at radius 1 is 1.23 bits per heavy atom. The van der Waals surface area contributed by atoms with E-state index in [0.29, 0.717) is 12.6 Å². The second kappa shape index (κ2) is 9.43. The van der Waals surface area contributed by atoms with E-state index in [9.17, 15) is 0 Å². The molecule has 1 unspecified atom stereocenters. The number of nitrogens with one attached hydrogen (secondary N) is 3. The second-order valence-corrected chi connectivity index (χ2v) is 7.64. The van der Waals surface area contributed by atoms with Crippen LogP contribution in [0.5, 0.6) is 0 Å². The molecule has 156 valence electrons. The molecule has 1 atom stereocenters. The maximum atomic E-state index is 4.81. The van der Waals surface area contributed by atoms with Crippen LogP contribution in [0.2, 0.25) is 0 Å². The summed E-state index contributed by atoms with van der Waals surface area (Å²) in [6, 6.07) is 17.4. The molecule has 2 aromatic carbocycles. The van der Waals surface area contributed by atoms with Crippen molar-refractivity contribution in [3.05, 3.63) is 66.0 Å². The van der Waals surface area contributed by atoms with Gasteiger partial charge in [-0.3, -0.25) is 5.10 Å². The lowest BCUT2D eigenvalue weighted by Crippen LogP contribution is -2.44. The molecule has 3 N–H and O–H groups in total. The summed E-state index contributed by atoms with van der Waals surface area (Å²) in [5.74, 6) is 1.63. The molecule has 0 spiro atoms. The van der Waals surface area contributed by atoms with Crippen molar-refractivity contribution in [2.45, 2.75) is 32.9 Å². The van der Waals surface area contributed by atoms with Crippen LogP contribution in [0.1, 0.15) is 24.5 Å². The minimum atomic E-state index is 0.379. The maximum Gasteiger partial charge on any atom is 0.191 e. The van der Waals surface area contributed by atoms with E-state index in [1.807, 2.05) is 12.1 Å². The number of aliphatic imine (C=N–C) groups is 1. The highest BCUT2D eigenvalue weighted by atomic mass is 15.2. The summed E-state index contributed by atoms with van der Waals surface area (Å²) in [4.78, 5) is 11.5. The standard InChI is InChI=1S/C23H29N7/c1-3-24-23(25-14-18-5-4-6-19(13-18)22-26-16-27-29-22)28-20-11-12-30(15-20)21-9-7-17(2)8-10-21/h4-10,13,16,20H,3,11-12,14-15H2,1-2H3,(H2,24,25,28)(H,26,27,29). The van der Waals surface area contributed by atoms with E-state index >= 15 is 0 Å². The molecule has 30 heavy (non-hydrogen) atoms. The van der Waals surface area contributed by atoms with E-state index in [4.69, 9.17) is 4.99 Å². The van der Waals surface area contributed by atoms with Gasteiger partial charge in [0.1, 0.15) is 6.33 Å². The summed E-state index contributed by atoms with van der Waals surface area (Å²) >= 11 is 0. The zero-order valence-corrected chi connectivity index (χ0v) is 17.6. The first-order valence-corrected chi connectivity index (χ1v) is 10.5. The van der Waals surface area contributed by atoms with Gasteiger partial charge in [-0.1, -0.05) is 35.9 Å². The van der Waals surface area contributed by atoms with Crippen LogP contribution in [-0.2, 0) is 6.54 Å². The van der Waals surface area contributed by atoms with E-state index in [1.54, 1.807) is 0 Å². The number of nitrogens with zero attached hydrogens (tertiary/aromatic N) is 4. The number of hydrogen-bond acceptors (Lipinski definition) is 4. The Hall–Kier alpha value is -3.35. The fourth-order valence-corrected chi connectivity index (χ4v) is 3.71. The summed E-state index contributed by atoms with van der Waals surface area (Å²) in [5, 5.41) is 13.8. The van der Waals surface area contributed by atoms with Crippen LogP contribution in [0.25, 0.3) is 11.4 Å². The fourth-order valence-electron chi connectivity index (χ4n) is 3.71. The smallest absolute Gasteiger partial charge is 0.191 e. The molecule has 3 aromatic rings. The lowest BCUT2D eigenvalue weighted by atomic mass is 10.1. The predicted molar refractivity (Wildman–Crippen MR) is 122 cm³/mol. The Labute approximate surface area is 177 Å². The summed E-state index contributed by atoms with van der Waals surface area (Å²) in [7, 11) is 0. The highest BCUT2D eigenvalue weighted by molar-refractivity contribution is 5.80. The molecule has 0 aliphatic carbocycles. The van der Waals surface area contributed by atoms with Crippen molar-refractivity contribution in [2.24, 2.45) is 4.99 Å². The highest BCUT2D eigenvalue weighted by Gasteiger charge is 2.23. The monoisotopic (exact) mass is 403 g/mol. The third-order valence-electron chi connectivity index (χ3n) is 5.31. The summed E-state index contributed by atoms with van der Waals surface area (Å²) in [6.45, 7) is 7.69. The number of H-pyrrole nitrogens is 1. The zero-order chi connectivity index (χ0) is 20.8. The Kier molecular flexibility index (Phi) is 6.27. The first-order valence-electron chi connectivity index (χ1n) is 10.5. The first kappa shape index (κ1) is 19.9. The van der Waals surface area contributed by atoms with Gasteiger partial charge in [0.15, 0.2) is 11.8 Å². The van der Waals surface area contributed by atoms with Crippen molar-refractivity contribution in [3.63, 3.8) is 0 Å². The minimum Gasteiger partial charge on any atom is -0.369 e. The molecular weight excluding hydrogens is 374 g/mol. The normalized spacial score (nSPS) is 16.7. The molecule has 1 aliphatic rings. The largest absolute Gasteiger partial charge is 0.369 e. The van der Waals surface area contributed by atoms with Crippen LogP contribution in [-0.4, -0.2) is 46.8 Å². The van der Waals surface area contributed by atoms with Gasteiger partial charge in [-0.25, -0.2) is 9.98 Å². The average molecular weight is 404 g/mol. The van der Waals surface area contributed by atoms with Crippen molar-refractivity contribution >= 4 is 11.6 Å². The number of guanidine groups is 1. The van der Waals surface area contributed by atoms with Gasteiger partial charge < -0.3 is 15.5 Å².